The van der Waals surface area contributed by atoms with Gasteiger partial charge in [-0.2, -0.15) is 4.98 Å². The van der Waals surface area contributed by atoms with Gasteiger partial charge in [0.1, 0.15) is 5.82 Å². The van der Waals surface area contributed by atoms with Gasteiger partial charge in [0, 0.05) is 6.42 Å². The van der Waals surface area contributed by atoms with E-state index >= 15 is 0 Å². The molecule has 0 aliphatic carbocycles. The molecule has 0 amide bonds. The summed E-state index contributed by atoms with van der Waals surface area (Å²) in [5, 5.41) is 11.8. The van der Waals surface area contributed by atoms with E-state index in [2.05, 4.69) is 15.1 Å². The van der Waals surface area contributed by atoms with Gasteiger partial charge in [0.25, 0.3) is 5.78 Å². The number of nitrogens with one attached hydrogen (secondary N) is 1. The number of H-pyrrole nitrogens is 1. The lowest BCUT2D eigenvalue weighted by atomic mass is 10.3. The first-order chi connectivity index (χ1) is 7.11. The van der Waals surface area contributed by atoms with Crippen molar-refractivity contribution in [2.45, 2.75) is 26.7 Å². The van der Waals surface area contributed by atoms with Crippen LogP contribution in [-0.4, -0.2) is 30.7 Å². The number of aliphatic carboxylic acids is 1. The Kier molecular flexibility index (Phi) is 2.18. The number of imidazole rings is 1. The molecule has 2 aromatic rings. The second-order valence-electron chi connectivity index (χ2n) is 3.37. The number of aromatic nitrogens is 4. The van der Waals surface area contributed by atoms with Crippen LogP contribution in [0.15, 0.2) is 0 Å². The molecule has 6 heteroatoms. The standard InChI is InChI=1S/C9H12N4O2/c1-3-7-11-9-10-5(2)6(4-8(14)15)13(9)12-7/h3-4H2,1-2H3,(H,14,15)(H,10,11,12). The lowest BCUT2D eigenvalue weighted by molar-refractivity contribution is -0.136. The molecular formula is C9H12N4O2. The topological polar surface area (TPSA) is 83.3 Å². The predicted octanol–water partition coefficient (Wildman–Crippen LogP) is 0.555. The summed E-state index contributed by atoms with van der Waals surface area (Å²) in [6.07, 6.45) is 0.729. The Bertz CT molecular complexity index is 511. The van der Waals surface area contributed by atoms with Crippen molar-refractivity contribution in [1.29, 1.82) is 0 Å². The normalized spacial score (nSPS) is 11.1. The highest BCUT2D eigenvalue weighted by Crippen LogP contribution is 2.11. The van der Waals surface area contributed by atoms with E-state index in [1.165, 1.54) is 0 Å². The summed E-state index contributed by atoms with van der Waals surface area (Å²) in [6, 6.07) is 0. The van der Waals surface area contributed by atoms with Crippen LogP contribution < -0.4 is 0 Å². The maximum atomic E-state index is 10.7. The van der Waals surface area contributed by atoms with Gasteiger partial charge < -0.3 is 5.11 Å². The second-order valence-corrected chi connectivity index (χ2v) is 3.37. The van der Waals surface area contributed by atoms with Crippen molar-refractivity contribution in [1.82, 2.24) is 19.6 Å². The number of hydrogen-bond donors (Lipinski definition) is 2. The first-order valence-electron chi connectivity index (χ1n) is 4.76. The molecule has 80 valence electrons. The number of rotatable bonds is 3. The number of hydrogen-bond acceptors (Lipinski definition) is 3. The monoisotopic (exact) mass is 208 g/mol. The fourth-order valence-corrected chi connectivity index (χ4v) is 1.52. The number of carboxylic acid groups (broad SMARTS) is 1. The zero-order valence-electron chi connectivity index (χ0n) is 8.61. The van der Waals surface area contributed by atoms with Crippen molar-refractivity contribution >= 4 is 11.7 Å². The summed E-state index contributed by atoms with van der Waals surface area (Å²) in [5.74, 6) is 0.484. The van der Waals surface area contributed by atoms with Crippen molar-refractivity contribution in [3.8, 4) is 0 Å². The van der Waals surface area contributed by atoms with E-state index in [0.717, 1.165) is 12.2 Å². The minimum atomic E-state index is -0.868. The van der Waals surface area contributed by atoms with E-state index in [1.807, 2.05) is 6.92 Å². The van der Waals surface area contributed by atoms with E-state index in [9.17, 15) is 4.79 Å². The number of carboxylic acids is 1. The molecule has 2 heterocycles. The highest BCUT2D eigenvalue weighted by Gasteiger charge is 2.14. The maximum absolute atomic E-state index is 10.7. The Hall–Kier alpha value is -1.85. The van der Waals surface area contributed by atoms with Gasteiger partial charge in [-0.1, -0.05) is 6.92 Å². The van der Waals surface area contributed by atoms with Gasteiger partial charge in [0.15, 0.2) is 0 Å². The van der Waals surface area contributed by atoms with Crippen molar-refractivity contribution in [3.63, 3.8) is 0 Å². The van der Waals surface area contributed by atoms with E-state index < -0.39 is 5.97 Å². The van der Waals surface area contributed by atoms with Crippen LogP contribution in [-0.2, 0) is 17.6 Å². The van der Waals surface area contributed by atoms with Crippen molar-refractivity contribution in [2.24, 2.45) is 0 Å². The summed E-state index contributed by atoms with van der Waals surface area (Å²) in [6.45, 7) is 3.76. The zero-order valence-corrected chi connectivity index (χ0v) is 8.61. The number of aryl methyl sites for hydroxylation is 2. The lowest BCUT2D eigenvalue weighted by Gasteiger charge is -1.95. The molecule has 6 nitrogen and oxygen atoms in total. The van der Waals surface area contributed by atoms with Gasteiger partial charge in [-0.3, -0.25) is 9.89 Å². The Balaban J connectivity index is 2.54. The van der Waals surface area contributed by atoms with Crippen molar-refractivity contribution in [3.05, 3.63) is 17.2 Å². The maximum Gasteiger partial charge on any atom is 0.309 e. The smallest absolute Gasteiger partial charge is 0.309 e. The second kappa shape index (κ2) is 3.38. The SMILES string of the molecule is CCc1nc2nc(C)c(CC(=O)O)n2[nH]1. The van der Waals surface area contributed by atoms with Gasteiger partial charge in [-0.25, -0.2) is 9.50 Å². The highest BCUT2D eigenvalue weighted by molar-refractivity contribution is 5.70. The largest absolute Gasteiger partial charge is 0.481 e. The number of nitrogens with zero attached hydrogens (tertiary/aromatic N) is 3. The molecule has 2 aromatic heterocycles. The molecule has 0 aliphatic heterocycles. The third-order valence-electron chi connectivity index (χ3n) is 2.28. The van der Waals surface area contributed by atoms with Crippen LogP contribution in [0.25, 0.3) is 5.78 Å². The average molecular weight is 208 g/mol. The van der Waals surface area contributed by atoms with Gasteiger partial charge in [0.05, 0.1) is 17.8 Å². The molecule has 0 fully saturated rings. The lowest BCUT2D eigenvalue weighted by Crippen LogP contribution is -2.05. The molecule has 0 unspecified atom stereocenters. The highest BCUT2D eigenvalue weighted by atomic mass is 16.4. The van der Waals surface area contributed by atoms with Crippen LogP contribution in [0, 0.1) is 6.92 Å². The number of aromatic amines is 1. The molecule has 0 saturated heterocycles. The number of carbonyl (C=O) groups is 1. The fourth-order valence-electron chi connectivity index (χ4n) is 1.52. The molecule has 0 radical (unpaired) electrons. The minimum absolute atomic E-state index is 0.0433. The summed E-state index contributed by atoms with van der Waals surface area (Å²) < 4.78 is 1.64. The zero-order chi connectivity index (χ0) is 11.0. The molecule has 2 rings (SSSR count). The van der Waals surface area contributed by atoms with Gasteiger partial charge in [0.2, 0.25) is 0 Å². The first kappa shape index (κ1) is 9.70. The molecular weight excluding hydrogens is 196 g/mol. The fraction of sp³-hybridized carbons (Fsp3) is 0.444. The molecule has 0 aromatic carbocycles. The van der Waals surface area contributed by atoms with Crippen LogP contribution in [0.2, 0.25) is 0 Å². The summed E-state index contributed by atoms with van der Waals surface area (Å²) in [7, 11) is 0. The molecule has 0 atom stereocenters. The minimum Gasteiger partial charge on any atom is -0.481 e. The van der Waals surface area contributed by atoms with Gasteiger partial charge in [-0.05, 0) is 6.92 Å². The summed E-state index contributed by atoms with van der Waals surface area (Å²) >= 11 is 0. The molecule has 0 bridgehead atoms. The van der Waals surface area contributed by atoms with Crippen molar-refractivity contribution < 1.29 is 9.90 Å². The molecule has 0 aliphatic rings. The Morgan fingerprint density at radius 1 is 1.53 bits per heavy atom. The summed E-state index contributed by atoms with van der Waals surface area (Å²) in [5.41, 5.74) is 1.36. The van der Waals surface area contributed by atoms with E-state index in [4.69, 9.17) is 5.11 Å². The van der Waals surface area contributed by atoms with E-state index in [-0.39, 0.29) is 6.42 Å². The van der Waals surface area contributed by atoms with Gasteiger partial charge >= 0.3 is 5.97 Å². The van der Waals surface area contributed by atoms with Crippen LogP contribution in [0.1, 0.15) is 24.1 Å². The van der Waals surface area contributed by atoms with Crippen LogP contribution in [0.4, 0.5) is 0 Å². The van der Waals surface area contributed by atoms with Crippen LogP contribution >= 0.6 is 0 Å². The first-order valence-corrected chi connectivity index (χ1v) is 4.76. The molecule has 0 saturated carbocycles. The Labute approximate surface area is 85.9 Å². The molecule has 2 N–H and O–H groups in total. The third-order valence-corrected chi connectivity index (χ3v) is 2.28. The van der Waals surface area contributed by atoms with Crippen LogP contribution in [0.3, 0.4) is 0 Å². The predicted molar refractivity (Wildman–Crippen MR) is 52.8 cm³/mol. The van der Waals surface area contributed by atoms with E-state index in [0.29, 0.717) is 17.2 Å². The molecule has 0 spiro atoms. The van der Waals surface area contributed by atoms with Gasteiger partial charge in [-0.15, -0.1) is 0 Å². The number of fused-ring (bicyclic) bond motifs is 1. The quantitative estimate of drug-likeness (QED) is 0.771. The van der Waals surface area contributed by atoms with E-state index in [1.54, 1.807) is 11.4 Å². The van der Waals surface area contributed by atoms with Crippen LogP contribution in [0.5, 0.6) is 0 Å². The molecule has 15 heavy (non-hydrogen) atoms. The van der Waals surface area contributed by atoms with Crippen molar-refractivity contribution in [2.75, 3.05) is 0 Å². The third kappa shape index (κ3) is 1.58. The average Bonchev–Trinajstić information content (AvgIpc) is 2.66. The Morgan fingerprint density at radius 2 is 2.27 bits per heavy atom. The summed E-state index contributed by atoms with van der Waals surface area (Å²) in [4.78, 5) is 19.1. The Morgan fingerprint density at radius 3 is 2.87 bits per heavy atom.